The minimum atomic E-state index is -0.361. The van der Waals surface area contributed by atoms with Gasteiger partial charge in [-0.3, -0.25) is 0 Å². The molecule has 0 saturated heterocycles. The first kappa shape index (κ1) is 11.5. The lowest BCUT2D eigenvalue weighted by molar-refractivity contribution is 0.0599. The van der Waals surface area contributed by atoms with Crippen LogP contribution in [-0.2, 0) is 4.74 Å². The minimum absolute atomic E-state index is 0.221. The third-order valence-corrected chi connectivity index (χ3v) is 2.58. The Morgan fingerprint density at radius 3 is 2.71 bits per heavy atom. The predicted molar refractivity (Wildman–Crippen MR) is 59.7 cm³/mol. The van der Waals surface area contributed by atoms with Crippen molar-refractivity contribution in [2.24, 2.45) is 0 Å². The molecular weight excluding hydrogens is 267 g/mol. The number of hydrogen-bond donors (Lipinski definition) is 0. The van der Waals surface area contributed by atoms with Gasteiger partial charge >= 0.3 is 5.97 Å². The van der Waals surface area contributed by atoms with Crippen LogP contribution in [-0.4, -0.2) is 13.1 Å². The zero-order valence-corrected chi connectivity index (χ0v) is 10.2. The minimum Gasteiger partial charge on any atom is -0.465 e. The van der Waals surface area contributed by atoms with Crippen molar-refractivity contribution in [2.75, 3.05) is 7.11 Å². The number of carbonyl (C=O) groups excluding carboxylic acids is 1. The molecule has 0 saturated carbocycles. The quantitative estimate of drug-likeness (QED) is 0.610. The second-order valence-electron chi connectivity index (χ2n) is 2.84. The van der Waals surface area contributed by atoms with E-state index in [0.717, 1.165) is 10.0 Å². The molecule has 0 heterocycles. The first-order valence-corrected chi connectivity index (χ1v) is 5.31. The van der Waals surface area contributed by atoms with Gasteiger partial charge in [-0.05, 0) is 30.7 Å². The lowest BCUT2D eigenvalue weighted by Gasteiger charge is -2.09. The van der Waals surface area contributed by atoms with E-state index in [1.807, 2.05) is 13.0 Å². The third-order valence-electron chi connectivity index (χ3n) is 1.85. The topological polar surface area (TPSA) is 26.3 Å². The van der Waals surface area contributed by atoms with E-state index in [1.54, 1.807) is 12.1 Å². The van der Waals surface area contributed by atoms with Crippen molar-refractivity contribution in [3.63, 3.8) is 0 Å². The highest BCUT2D eigenvalue weighted by Gasteiger charge is 2.15. The van der Waals surface area contributed by atoms with Crippen molar-refractivity contribution in [2.45, 2.75) is 12.3 Å². The van der Waals surface area contributed by atoms with Gasteiger partial charge in [-0.15, -0.1) is 11.6 Å². The monoisotopic (exact) mass is 276 g/mol. The molecule has 2 nitrogen and oxygen atoms in total. The summed E-state index contributed by atoms with van der Waals surface area (Å²) in [5.74, 6) is -0.361. The summed E-state index contributed by atoms with van der Waals surface area (Å²) in [4.78, 5) is 11.4. The first-order valence-electron chi connectivity index (χ1n) is 4.08. The van der Waals surface area contributed by atoms with Crippen molar-refractivity contribution in [1.29, 1.82) is 0 Å². The maximum atomic E-state index is 11.4. The van der Waals surface area contributed by atoms with Crippen LogP contribution in [0, 0.1) is 0 Å². The Balaban J connectivity index is 3.21. The van der Waals surface area contributed by atoms with Crippen LogP contribution in [0.15, 0.2) is 22.7 Å². The summed E-state index contributed by atoms with van der Waals surface area (Å²) >= 11 is 9.28. The molecule has 1 aromatic carbocycles. The number of rotatable bonds is 2. The standard InChI is InChI=1S/C10H10BrClO2/c1-6(12)9-5-7(11)3-4-8(9)10(13)14-2/h3-6H,1-2H3. The Labute approximate surface area is 96.3 Å². The van der Waals surface area contributed by atoms with Crippen LogP contribution in [0.2, 0.25) is 0 Å². The highest BCUT2D eigenvalue weighted by molar-refractivity contribution is 9.10. The normalized spacial score (nSPS) is 12.3. The fourth-order valence-corrected chi connectivity index (χ4v) is 1.72. The number of methoxy groups -OCH3 is 1. The summed E-state index contributed by atoms with van der Waals surface area (Å²) in [7, 11) is 1.35. The first-order chi connectivity index (χ1) is 6.56. The highest BCUT2D eigenvalue weighted by atomic mass is 79.9. The van der Waals surface area contributed by atoms with Crippen molar-refractivity contribution in [3.05, 3.63) is 33.8 Å². The summed E-state index contributed by atoms with van der Waals surface area (Å²) in [5, 5.41) is -0.221. The fraction of sp³-hybridized carbons (Fsp3) is 0.300. The molecule has 1 aromatic rings. The molecule has 0 aliphatic rings. The van der Waals surface area contributed by atoms with Crippen LogP contribution in [0.25, 0.3) is 0 Å². The van der Waals surface area contributed by atoms with E-state index in [0.29, 0.717) is 5.56 Å². The molecule has 76 valence electrons. The fourth-order valence-electron chi connectivity index (χ4n) is 1.16. The van der Waals surface area contributed by atoms with E-state index in [-0.39, 0.29) is 11.3 Å². The molecule has 0 aliphatic heterocycles. The molecule has 0 spiro atoms. The third kappa shape index (κ3) is 2.49. The van der Waals surface area contributed by atoms with E-state index in [2.05, 4.69) is 20.7 Å². The molecule has 0 N–H and O–H groups in total. The number of carbonyl (C=O) groups is 1. The summed E-state index contributed by atoms with van der Waals surface area (Å²) in [6.45, 7) is 1.82. The average molecular weight is 278 g/mol. The molecule has 1 atom stereocenters. The van der Waals surface area contributed by atoms with Crippen molar-refractivity contribution in [3.8, 4) is 0 Å². The number of benzene rings is 1. The number of hydrogen-bond acceptors (Lipinski definition) is 2. The van der Waals surface area contributed by atoms with Gasteiger partial charge in [-0.1, -0.05) is 15.9 Å². The van der Waals surface area contributed by atoms with Gasteiger partial charge in [0.15, 0.2) is 0 Å². The van der Waals surface area contributed by atoms with Gasteiger partial charge in [-0.25, -0.2) is 4.79 Å². The molecular formula is C10H10BrClO2. The Morgan fingerprint density at radius 1 is 1.57 bits per heavy atom. The van der Waals surface area contributed by atoms with Crippen molar-refractivity contribution in [1.82, 2.24) is 0 Å². The summed E-state index contributed by atoms with van der Waals surface area (Å²) < 4.78 is 5.55. The van der Waals surface area contributed by atoms with Crippen molar-refractivity contribution < 1.29 is 9.53 Å². The summed E-state index contributed by atoms with van der Waals surface area (Å²) in [5.41, 5.74) is 1.28. The Hall–Kier alpha value is -0.540. The van der Waals surface area contributed by atoms with E-state index in [1.165, 1.54) is 7.11 Å². The van der Waals surface area contributed by atoms with Crippen LogP contribution in [0.1, 0.15) is 28.2 Å². The second-order valence-corrected chi connectivity index (χ2v) is 4.41. The van der Waals surface area contributed by atoms with Crippen LogP contribution >= 0.6 is 27.5 Å². The van der Waals surface area contributed by atoms with Gasteiger partial charge in [0.2, 0.25) is 0 Å². The molecule has 1 unspecified atom stereocenters. The van der Waals surface area contributed by atoms with E-state index < -0.39 is 0 Å². The number of ether oxygens (including phenoxy) is 1. The van der Waals surface area contributed by atoms with Gasteiger partial charge in [0.05, 0.1) is 18.1 Å². The molecule has 0 bridgehead atoms. The molecule has 14 heavy (non-hydrogen) atoms. The van der Waals surface area contributed by atoms with Crippen LogP contribution in [0.3, 0.4) is 0 Å². The SMILES string of the molecule is COC(=O)c1ccc(Br)cc1C(C)Cl. The van der Waals surface area contributed by atoms with Crippen molar-refractivity contribution >= 4 is 33.5 Å². The molecule has 0 radical (unpaired) electrons. The molecule has 1 rings (SSSR count). The highest BCUT2D eigenvalue weighted by Crippen LogP contribution is 2.27. The number of esters is 1. The summed E-state index contributed by atoms with van der Waals surface area (Å²) in [6, 6.07) is 5.31. The molecule has 0 amide bonds. The van der Waals surface area contributed by atoms with Gasteiger partial charge in [0, 0.05) is 4.47 Å². The Morgan fingerprint density at radius 2 is 2.21 bits per heavy atom. The van der Waals surface area contributed by atoms with E-state index >= 15 is 0 Å². The smallest absolute Gasteiger partial charge is 0.338 e. The zero-order chi connectivity index (χ0) is 10.7. The van der Waals surface area contributed by atoms with Gasteiger partial charge in [0.1, 0.15) is 0 Å². The average Bonchev–Trinajstić information content (AvgIpc) is 2.16. The van der Waals surface area contributed by atoms with E-state index in [9.17, 15) is 4.79 Å². The maximum absolute atomic E-state index is 11.4. The van der Waals surface area contributed by atoms with Crippen LogP contribution in [0.4, 0.5) is 0 Å². The number of halogens is 2. The largest absolute Gasteiger partial charge is 0.465 e. The lowest BCUT2D eigenvalue weighted by Crippen LogP contribution is -2.05. The lowest BCUT2D eigenvalue weighted by atomic mass is 10.1. The second kappa shape index (κ2) is 4.80. The molecule has 0 aliphatic carbocycles. The molecule has 0 aromatic heterocycles. The van der Waals surface area contributed by atoms with Gasteiger partial charge in [-0.2, -0.15) is 0 Å². The van der Waals surface area contributed by atoms with Gasteiger partial charge in [0.25, 0.3) is 0 Å². The Bertz CT molecular complexity index is 350. The van der Waals surface area contributed by atoms with E-state index in [4.69, 9.17) is 11.6 Å². The summed E-state index contributed by atoms with van der Waals surface area (Å²) in [6.07, 6.45) is 0. The Kier molecular flexibility index (Phi) is 3.96. The molecule has 0 fully saturated rings. The number of alkyl halides is 1. The maximum Gasteiger partial charge on any atom is 0.338 e. The van der Waals surface area contributed by atoms with Gasteiger partial charge < -0.3 is 4.74 Å². The predicted octanol–water partition coefficient (Wildman–Crippen LogP) is 3.54. The zero-order valence-electron chi connectivity index (χ0n) is 7.88. The van der Waals surface area contributed by atoms with Crippen LogP contribution < -0.4 is 0 Å². The molecule has 4 heteroatoms. The van der Waals surface area contributed by atoms with Crippen LogP contribution in [0.5, 0.6) is 0 Å².